The van der Waals surface area contributed by atoms with Crippen molar-refractivity contribution in [1.82, 2.24) is 15.0 Å². The summed E-state index contributed by atoms with van der Waals surface area (Å²) in [7, 11) is 0. The van der Waals surface area contributed by atoms with E-state index in [1.54, 1.807) is 12.4 Å². The van der Waals surface area contributed by atoms with E-state index in [2.05, 4.69) is 48.7 Å². The molecule has 0 fully saturated rings. The number of oxazole rings is 1. The number of Topliss-reactive ketones (excluding diaryl/α,β-unsaturated/α-hetero) is 1. The molecule has 3 heterocycles. The minimum absolute atomic E-state index is 0.124. The Hall–Kier alpha value is -3.21. The molecular weight excluding hydrogens is 434 g/mol. The summed E-state index contributed by atoms with van der Waals surface area (Å²) in [5.74, 6) is 1.45. The smallest absolute Gasteiger partial charge is 0.226 e. The largest absolute Gasteiger partial charge is 0.441 e. The first kappa shape index (κ1) is 24.9. The average molecular weight is 472 g/mol. The average Bonchev–Trinajstić information content (AvgIpc) is 3.44. The van der Waals surface area contributed by atoms with Gasteiger partial charge in [0.25, 0.3) is 0 Å². The van der Waals surface area contributed by atoms with Crippen LogP contribution >= 0.6 is 0 Å². The normalized spacial score (nSPS) is 11.9. The Morgan fingerprint density at radius 3 is 2.40 bits per heavy atom. The van der Waals surface area contributed by atoms with Gasteiger partial charge < -0.3 is 9.40 Å². The summed E-state index contributed by atoms with van der Waals surface area (Å²) < 4.78 is 5.84. The van der Waals surface area contributed by atoms with Crippen molar-refractivity contribution >= 4 is 16.7 Å². The van der Waals surface area contributed by atoms with Crippen molar-refractivity contribution in [2.75, 3.05) is 0 Å². The number of ketones is 1. The molecule has 0 bridgehead atoms. The summed E-state index contributed by atoms with van der Waals surface area (Å²) in [5, 5.41) is 1.24. The lowest BCUT2D eigenvalue weighted by Crippen LogP contribution is -2.21. The fourth-order valence-electron chi connectivity index (χ4n) is 5.19. The van der Waals surface area contributed by atoms with E-state index in [9.17, 15) is 4.79 Å². The number of aryl methyl sites for hydroxylation is 3. The number of pyridine rings is 1. The molecule has 0 saturated heterocycles. The second-order valence-corrected chi connectivity index (χ2v) is 9.61. The van der Waals surface area contributed by atoms with Gasteiger partial charge in [0, 0.05) is 53.0 Å². The highest BCUT2D eigenvalue weighted by Crippen LogP contribution is 2.37. The molecule has 4 aromatic rings. The lowest BCUT2D eigenvalue weighted by atomic mass is 9.75. The van der Waals surface area contributed by atoms with Crippen molar-refractivity contribution in [3.8, 4) is 11.5 Å². The molecule has 0 radical (unpaired) electrons. The SMILES string of the molecule is CCc1c(CC(CC)(CC)CC)[nH]c2cc(C(=O)CCc3nc(-c4ccncc4)oc3C)ccc12. The minimum Gasteiger partial charge on any atom is -0.441 e. The van der Waals surface area contributed by atoms with E-state index in [1.165, 1.54) is 35.9 Å². The second-order valence-electron chi connectivity index (χ2n) is 9.61. The van der Waals surface area contributed by atoms with Crippen LogP contribution in [0.5, 0.6) is 0 Å². The summed E-state index contributed by atoms with van der Waals surface area (Å²) in [6, 6.07) is 9.87. The van der Waals surface area contributed by atoms with Crippen molar-refractivity contribution in [2.45, 2.75) is 79.6 Å². The van der Waals surface area contributed by atoms with Crippen molar-refractivity contribution in [3.63, 3.8) is 0 Å². The first-order valence-corrected chi connectivity index (χ1v) is 13.0. The van der Waals surface area contributed by atoms with E-state index in [4.69, 9.17) is 4.42 Å². The van der Waals surface area contributed by atoms with Gasteiger partial charge in [0.15, 0.2) is 5.78 Å². The fourth-order valence-corrected chi connectivity index (χ4v) is 5.19. The Balaban J connectivity index is 1.52. The number of hydrogen-bond donors (Lipinski definition) is 1. The molecule has 0 spiro atoms. The molecule has 35 heavy (non-hydrogen) atoms. The monoisotopic (exact) mass is 471 g/mol. The van der Waals surface area contributed by atoms with Gasteiger partial charge in [-0.3, -0.25) is 9.78 Å². The molecule has 184 valence electrons. The predicted molar refractivity (Wildman–Crippen MR) is 142 cm³/mol. The Morgan fingerprint density at radius 2 is 1.74 bits per heavy atom. The van der Waals surface area contributed by atoms with Gasteiger partial charge in [0.2, 0.25) is 5.89 Å². The van der Waals surface area contributed by atoms with Crippen LogP contribution < -0.4 is 0 Å². The molecule has 0 aliphatic heterocycles. The molecule has 0 unspecified atom stereocenters. The van der Waals surface area contributed by atoms with Crippen molar-refractivity contribution in [2.24, 2.45) is 5.41 Å². The van der Waals surface area contributed by atoms with Gasteiger partial charge >= 0.3 is 0 Å². The number of rotatable bonds is 11. The van der Waals surface area contributed by atoms with Crippen LogP contribution in [0.3, 0.4) is 0 Å². The van der Waals surface area contributed by atoms with Crippen LogP contribution in [0.1, 0.15) is 86.4 Å². The molecule has 0 atom stereocenters. The number of hydrogen-bond acceptors (Lipinski definition) is 4. The van der Waals surface area contributed by atoms with E-state index < -0.39 is 0 Å². The number of carbonyl (C=O) groups is 1. The summed E-state index contributed by atoms with van der Waals surface area (Å²) >= 11 is 0. The number of aromatic nitrogens is 3. The number of aromatic amines is 1. The molecule has 1 aromatic carbocycles. The number of nitrogens with zero attached hydrogens (tertiary/aromatic N) is 2. The highest BCUT2D eigenvalue weighted by atomic mass is 16.4. The Morgan fingerprint density at radius 1 is 1.03 bits per heavy atom. The minimum atomic E-state index is 0.124. The second kappa shape index (κ2) is 10.6. The standard InChI is InChI=1S/C30H37N3O2/c1-6-23-24-11-10-22(18-26(24)32-27(23)19-30(7-2,8-3)9-4)28(34)13-12-25-20(5)35-29(33-25)21-14-16-31-17-15-21/h10-11,14-18,32H,6-9,12-13,19H2,1-5H3. The Kier molecular flexibility index (Phi) is 7.54. The van der Waals surface area contributed by atoms with Crippen molar-refractivity contribution < 1.29 is 9.21 Å². The zero-order valence-corrected chi connectivity index (χ0v) is 21.7. The summed E-state index contributed by atoms with van der Waals surface area (Å²) in [5.41, 5.74) is 6.58. The molecule has 3 aromatic heterocycles. The molecule has 5 nitrogen and oxygen atoms in total. The number of H-pyrrole nitrogens is 1. The maximum Gasteiger partial charge on any atom is 0.226 e. The highest BCUT2D eigenvalue weighted by Gasteiger charge is 2.27. The first-order chi connectivity index (χ1) is 16.9. The number of carbonyl (C=O) groups excluding carboxylic acids is 1. The van der Waals surface area contributed by atoms with Crippen molar-refractivity contribution in [3.05, 3.63) is 71.0 Å². The lowest BCUT2D eigenvalue weighted by molar-refractivity contribution is 0.0982. The van der Waals surface area contributed by atoms with Gasteiger partial charge in [0.1, 0.15) is 5.76 Å². The fraction of sp³-hybridized carbons (Fsp3) is 0.433. The molecule has 0 amide bonds. The van der Waals surface area contributed by atoms with E-state index in [0.29, 0.717) is 24.1 Å². The molecular formula is C30H37N3O2. The van der Waals surface area contributed by atoms with E-state index in [0.717, 1.165) is 40.9 Å². The van der Waals surface area contributed by atoms with Crippen LogP contribution in [-0.4, -0.2) is 20.7 Å². The number of benzene rings is 1. The Labute approximate surface area is 208 Å². The van der Waals surface area contributed by atoms with E-state index in [-0.39, 0.29) is 5.78 Å². The van der Waals surface area contributed by atoms with Crippen LogP contribution in [0.25, 0.3) is 22.4 Å². The molecule has 0 aliphatic carbocycles. The van der Waals surface area contributed by atoms with E-state index >= 15 is 0 Å². The predicted octanol–water partition coefficient (Wildman–Crippen LogP) is 7.66. The van der Waals surface area contributed by atoms with Gasteiger partial charge in [-0.25, -0.2) is 4.98 Å². The molecule has 4 rings (SSSR count). The third-order valence-electron chi connectivity index (χ3n) is 7.88. The topological polar surface area (TPSA) is 71.8 Å². The molecule has 5 heteroatoms. The summed E-state index contributed by atoms with van der Waals surface area (Å²) in [6.45, 7) is 11.0. The lowest BCUT2D eigenvalue weighted by Gasteiger charge is -2.30. The maximum absolute atomic E-state index is 13.1. The molecule has 1 N–H and O–H groups in total. The zero-order chi connectivity index (χ0) is 25.0. The maximum atomic E-state index is 13.1. The van der Waals surface area contributed by atoms with Crippen LogP contribution in [0, 0.1) is 12.3 Å². The van der Waals surface area contributed by atoms with E-state index in [1.807, 2.05) is 31.2 Å². The van der Waals surface area contributed by atoms with Crippen LogP contribution in [-0.2, 0) is 19.3 Å². The van der Waals surface area contributed by atoms with Gasteiger partial charge in [-0.1, -0.05) is 59.1 Å². The quantitative estimate of drug-likeness (QED) is 0.228. The van der Waals surface area contributed by atoms with Gasteiger partial charge in [-0.2, -0.15) is 0 Å². The zero-order valence-electron chi connectivity index (χ0n) is 21.7. The van der Waals surface area contributed by atoms with Crippen LogP contribution in [0.15, 0.2) is 47.1 Å². The third kappa shape index (κ3) is 5.09. The molecule has 0 saturated carbocycles. The molecule has 0 aliphatic rings. The van der Waals surface area contributed by atoms with Crippen molar-refractivity contribution in [1.29, 1.82) is 0 Å². The first-order valence-electron chi connectivity index (χ1n) is 13.0. The van der Waals surface area contributed by atoms with Crippen LogP contribution in [0.4, 0.5) is 0 Å². The van der Waals surface area contributed by atoms with Gasteiger partial charge in [-0.05, 0) is 48.9 Å². The summed E-state index contributed by atoms with van der Waals surface area (Å²) in [6.07, 6.45) is 9.95. The number of nitrogens with one attached hydrogen (secondary N) is 1. The number of fused-ring (bicyclic) bond motifs is 1. The van der Waals surface area contributed by atoms with Gasteiger partial charge in [0.05, 0.1) is 5.69 Å². The Bertz CT molecular complexity index is 1290. The summed E-state index contributed by atoms with van der Waals surface area (Å²) in [4.78, 5) is 25.5. The van der Waals surface area contributed by atoms with Gasteiger partial charge in [-0.15, -0.1) is 0 Å². The third-order valence-corrected chi connectivity index (χ3v) is 7.88. The van der Waals surface area contributed by atoms with Crippen LogP contribution in [0.2, 0.25) is 0 Å². The highest BCUT2D eigenvalue weighted by molar-refractivity contribution is 6.00.